The van der Waals surface area contributed by atoms with Crippen LogP contribution >= 0.6 is 11.6 Å². The van der Waals surface area contributed by atoms with Crippen LogP contribution in [0.25, 0.3) is 21.9 Å². The van der Waals surface area contributed by atoms with Crippen LogP contribution in [0.3, 0.4) is 0 Å². The quantitative estimate of drug-likeness (QED) is 0.506. The number of pyridine rings is 1. The first-order valence-electron chi connectivity index (χ1n) is 10.7. The van der Waals surface area contributed by atoms with Crippen LogP contribution in [0.5, 0.6) is 0 Å². The molecule has 9 heteroatoms. The van der Waals surface area contributed by atoms with Crippen molar-refractivity contribution in [2.75, 3.05) is 29.9 Å². The Labute approximate surface area is 189 Å². The Bertz CT molecular complexity index is 1260. The summed E-state index contributed by atoms with van der Waals surface area (Å²) in [5, 5.41) is 0.856. The number of hydrogen-bond donors (Lipinski definition) is 1. The van der Waals surface area contributed by atoms with Gasteiger partial charge in [-0.1, -0.05) is 11.6 Å². The standard InChI is InChI=1S/C23H25ClF2N4O2/c1-22(2,3)32-21(31)29(4)14-9-13(25)17(26)15-16-19(30-8-7-23(11-30)5-6-23)12(24)10-27-20(16)28-18(14)15/h9-10H,5-8,11H2,1-4H3,(H,27,28). The number of hydrogen-bond acceptors (Lipinski definition) is 4. The normalized spacial score (nSPS) is 17.5. The van der Waals surface area contributed by atoms with Crippen LogP contribution in [-0.4, -0.2) is 41.8 Å². The highest BCUT2D eigenvalue weighted by atomic mass is 35.5. The summed E-state index contributed by atoms with van der Waals surface area (Å²) in [5.41, 5.74) is 1.05. The van der Waals surface area contributed by atoms with Gasteiger partial charge in [-0.25, -0.2) is 18.6 Å². The molecular formula is C23H25ClF2N4O2. The molecule has 1 saturated heterocycles. The number of nitrogens with one attached hydrogen (secondary N) is 1. The monoisotopic (exact) mass is 462 g/mol. The van der Waals surface area contributed by atoms with Crippen molar-refractivity contribution < 1.29 is 18.3 Å². The summed E-state index contributed by atoms with van der Waals surface area (Å²) in [4.78, 5) is 23.4. The lowest BCUT2D eigenvalue weighted by Gasteiger charge is -2.25. The van der Waals surface area contributed by atoms with Crippen LogP contribution in [0.1, 0.15) is 40.0 Å². The minimum absolute atomic E-state index is 0.0344. The fraction of sp³-hybridized carbons (Fsp3) is 0.478. The van der Waals surface area contributed by atoms with Gasteiger partial charge in [0.25, 0.3) is 0 Å². The SMILES string of the molecule is CN(C(=O)OC(C)(C)C)c1cc(F)c(F)c2c1[nH]c1ncc(Cl)c(N3CCC4(CC4)C3)c12. The molecule has 32 heavy (non-hydrogen) atoms. The van der Waals surface area contributed by atoms with Gasteiger partial charge in [0.15, 0.2) is 11.6 Å². The first kappa shape index (κ1) is 21.2. The molecule has 0 radical (unpaired) electrons. The lowest BCUT2D eigenvalue weighted by molar-refractivity contribution is 0.0589. The first-order valence-corrected chi connectivity index (χ1v) is 11.1. The number of aromatic amines is 1. The predicted molar refractivity (Wildman–Crippen MR) is 122 cm³/mol. The van der Waals surface area contributed by atoms with E-state index in [-0.39, 0.29) is 16.6 Å². The van der Waals surface area contributed by atoms with Gasteiger partial charge in [-0.2, -0.15) is 0 Å². The highest BCUT2D eigenvalue weighted by molar-refractivity contribution is 6.36. The Balaban J connectivity index is 1.71. The maximum Gasteiger partial charge on any atom is 0.414 e. The van der Waals surface area contributed by atoms with Gasteiger partial charge in [-0.3, -0.25) is 4.90 Å². The number of benzene rings is 1. The van der Waals surface area contributed by atoms with Crippen LogP contribution in [-0.2, 0) is 4.74 Å². The number of rotatable bonds is 2. The molecule has 2 aliphatic rings. The molecule has 2 fully saturated rings. The number of anilines is 2. The van der Waals surface area contributed by atoms with Crippen molar-refractivity contribution >= 4 is 51.0 Å². The number of H-pyrrole nitrogens is 1. The summed E-state index contributed by atoms with van der Waals surface area (Å²) in [6.07, 6.45) is 4.26. The Morgan fingerprint density at radius 1 is 1.28 bits per heavy atom. The Morgan fingerprint density at radius 2 is 2.00 bits per heavy atom. The first-order chi connectivity index (χ1) is 15.0. The zero-order valence-corrected chi connectivity index (χ0v) is 19.2. The lowest BCUT2D eigenvalue weighted by Crippen LogP contribution is -2.34. The molecule has 0 unspecified atom stereocenters. The second kappa shape index (κ2) is 6.94. The van der Waals surface area contributed by atoms with Gasteiger partial charge >= 0.3 is 6.09 Å². The van der Waals surface area contributed by atoms with Gasteiger partial charge in [0.2, 0.25) is 0 Å². The summed E-state index contributed by atoms with van der Waals surface area (Å²) in [6.45, 7) is 6.85. The molecular weight excluding hydrogens is 438 g/mol. The molecule has 1 aliphatic heterocycles. The number of aromatic nitrogens is 2. The van der Waals surface area contributed by atoms with Crippen LogP contribution in [0.15, 0.2) is 12.3 Å². The van der Waals surface area contributed by atoms with Crippen molar-refractivity contribution in [1.82, 2.24) is 9.97 Å². The number of amides is 1. The van der Waals surface area contributed by atoms with Crippen LogP contribution in [0, 0.1) is 17.0 Å². The van der Waals surface area contributed by atoms with Crippen molar-refractivity contribution in [3.05, 3.63) is 28.9 Å². The number of ether oxygens (including phenoxy) is 1. The predicted octanol–water partition coefficient (Wildman–Crippen LogP) is 6.01. The highest BCUT2D eigenvalue weighted by Gasteiger charge is 2.48. The van der Waals surface area contributed by atoms with Crippen molar-refractivity contribution in [2.24, 2.45) is 5.41 Å². The molecule has 0 atom stereocenters. The average Bonchev–Trinajstić information content (AvgIpc) is 3.16. The molecule has 1 spiro atoms. The third-order valence-corrected chi connectivity index (χ3v) is 6.72. The molecule has 0 bridgehead atoms. The molecule has 1 aromatic carbocycles. The van der Waals surface area contributed by atoms with Crippen molar-refractivity contribution in [2.45, 2.75) is 45.6 Å². The number of nitrogens with zero attached hydrogens (tertiary/aromatic N) is 3. The maximum atomic E-state index is 15.2. The lowest BCUT2D eigenvalue weighted by atomic mass is 10.1. The van der Waals surface area contributed by atoms with Gasteiger partial charge in [-0.05, 0) is 45.4 Å². The maximum absolute atomic E-state index is 15.2. The smallest absolute Gasteiger partial charge is 0.414 e. The Hall–Kier alpha value is -2.61. The van der Waals surface area contributed by atoms with E-state index in [0.29, 0.717) is 27.2 Å². The largest absolute Gasteiger partial charge is 0.443 e. The van der Waals surface area contributed by atoms with E-state index in [1.165, 1.54) is 31.0 Å². The minimum Gasteiger partial charge on any atom is -0.443 e. The third kappa shape index (κ3) is 3.36. The molecule has 170 valence electrons. The van der Waals surface area contributed by atoms with Gasteiger partial charge < -0.3 is 14.6 Å². The van der Waals surface area contributed by atoms with Crippen molar-refractivity contribution in [1.29, 1.82) is 0 Å². The molecule has 1 N–H and O–H groups in total. The third-order valence-electron chi connectivity index (χ3n) is 6.44. The van der Waals surface area contributed by atoms with E-state index in [2.05, 4.69) is 14.9 Å². The Kier molecular flexibility index (Phi) is 4.61. The van der Waals surface area contributed by atoms with Crippen LogP contribution < -0.4 is 9.80 Å². The van der Waals surface area contributed by atoms with Gasteiger partial charge in [0.05, 0.1) is 38.9 Å². The van der Waals surface area contributed by atoms with E-state index in [0.717, 1.165) is 25.6 Å². The molecule has 3 aromatic rings. The topological polar surface area (TPSA) is 61.5 Å². The molecule has 1 aliphatic carbocycles. The number of halogens is 3. The highest BCUT2D eigenvalue weighted by Crippen LogP contribution is 2.55. The Morgan fingerprint density at radius 3 is 2.62 bits per heavy atom. The molecule has 3 heterocycles. The summed E-state index contributed by atoms with van der Waals surface area (Å²) in [7, 11) is 1.46. The average molecular weight is 463 g/mol. The number of fused-ring (bicyclic) bond motifs is 3. The van der Waals surface area contributed by atoms with E-state index in [4.69, 9.17) is 16.3 Å². The molecule has 2 aromatic heterocycles. The molecule has 1 saturated carbocycles. The van der Waals surface area contributed by atoms with E-state index in [1.54, 1.807) is 20.8 Å². The van der Waals surface area contributed by atoms with E-state index >= 15 is 4.39 Å². The summed E-state index contributed by atoms with van der Waals surface area (Å²) >= 11 is 6.55. The fourth-order valence-corrected chi connectivity index (χ4v) is 4.88. The van der Waals surface area contributed by atoms with E-state index in [1.807, 2.05) is 0 Å². The van der Waals surface area contributed by atoms with E-state index < -0.39 is 23.3 Å². The summed E-state index contributed by atoms with van der Waals surface area (Å²) in [5.74, 6) is -2.06. The second-order valence-corrected chi connectivity index (χ2v) is 10.4. The minimum atomic E-state index is -1.06. The summed E-state index contributed by atoms with van der Waals surface area (Å²) < 4.78 is 35.4. The zero-order valence-electron chi connectivity index (χ0n) is 18.5. The molecule has 6 nitrogen and oxygen atoms in total. The second-order valence-electron chi connectivity index (χ2n) is 9.96. The summed E-state index contributed by atoms with van der Waals surface area (Å²) in [6, 6.07) is 0.993. The number of carbonyl (C=O) groups is 1. The van der Waals surface area contributed by atoms with Crippen LogP contribution in [0.2, 0.25) is 5.02 Å². The van der Waals surface area contributed by atoms with Gasteiger partial charge in [0, 0.05) is 26.2 Å². The van der Waals surface area contributed by atoms with Crippen molar-refractivity contribution in [3.63, 3.8) is 0 Å². The zero-order chi connectivity index (χ0) is 23.0. The van der Waals surface area contributed by atoms with Crippen molar-refractivity contribution in [3.8, 4) is 0 Å². The van der Waals surface area contributed by atoms with Crippen LogP contribution in [0.4, 0.5) is 25.0 Å². The fourth-order valence-electron chi connectivity index (χ4n) is 4.62. The molecule has 5 rings (SSSR count). The van der Waals surface area contributed by atoms with Gasteiger partial charge in [0.1, 0.15) is 11.2 Å². The number of carbonyl (C=O) groups excluding carboxylic acids is 1. The molecule has 1 amide bonds. The van der Waals surface area contributed by atoms with Gasteiger partial charge in [-0.15, -0.1) is 0 Å². The van der Waals surface area contributed by atoms with E-state index in [9.17, 15) is 9.18 Å².